The third-order valence-electron chi connectivity index (χ3n) is 1.87. The lowest BCUT2D eigenvalue weighted by Crippen LogP contribution is -1.91. The Hall–Kier alpha value is -0.870. The number of anilines is 1. The van der Waals surface area contributed by atoms with Crippen LogP contribution in [0.25, 0.3) is 5.65 Å². The molecule has 0 aliphatic rings. The van der Waals surface area contributed by atoms with Crippen molar-refractivity contribution in [2.75, 3.05) is 5.73 Å². The summed E-state index contributed by atoms with van der Waals surface area (Å²) in [6.45, 7) is 1.91. The van der Waals surface area contributed by atoms with Crippen LogP contribution in [0, 0.1) is 6.92 Å². The number of hydrogen-bond acceptors (Lipinski definition) is 2. The minimum absolute atomic E-state index is 0. The molecule has 0 saturated heterocycles. The topological polar surface area (TPSA) is 48.2 Å². The molecule has 0 fully saturated rings. The first-order chi connectivity index (χ1) is 5.20. The number of hydrogen-bond donors (Lipinski definition) is 1. The van der Waals surface area contributed by atoms with E-state index >= 15 is 0 Å². The van der Waals surface area contributed by atoms with Gasteiger partial charge in [0.1, 0.15) is 0 Å². The van der Waals surface area contributed by atoms with E-state index in [1.54, 1.807) is 4.52 Å². The van der Waals surface area contributed by atoms with Crippen molar-refractivity contribution < 1.29 is 0 Å². The van der Waals surface area contributed by atoms with Crippen molar-refractivity contribution in [1.29, 1.82) is 0 Å². The van der Waals surface area contributed by atoms with Gasteiger partial charge in [0.05, 0.1) is 11.4 Å². The fourth-order valence-corrected chi connectivity index (χ4v) is 1.24. The van der Waals surface area contributed by atoms with Gasteiger partial charge in [0.25, 0.3) is 0 Å². The molecule has 0 aromatic carbocycles. The second-order valence-corrected chi connectivity index (χ2v) is 2.68. The van der Waals surface area contributed by atoms with Gasteiger partial charge in [0.2, 0.25) is 0 Å². The minimum atomic E-state index is 0. The number of aromatic nitrogens is 3. The van der Waals surface area contributed by atoms with Gasteiger partial charge >= 0.3 is 0 Å². The van der Waals surface area contributed by atoms with E-state index < -0.39 is 0 Å². The van der Waals surface area contributed by atoms with Gasteiger partial charge in [0.15, 0.2) is 5.65 Å². The van der Waals surface area contributed by atoms with Gasteiger partial charge in [-0.05, 0) is 6.92 Å². The number of nitrogens with zero attached hydrogens (tertiary/aromatic N) is 3. The maximum absolute atomic E-state index is 5.78. The molecule has 0 unspecified atom stereocenters. The minimum Gasteiger partial charge on any atom is -0.394 e. The van der Waals surface area contributed by atoms with Crippen LogP contribution >= 0.6 is 24.8 Å². The normalized spacial score (nSPS) is 9.38. The summed E-state index contributed by atoms with van der Waals surface area (Å²) in [6, 6.07) is 0. The van der Waals surface area contributed by atoms with Crippen LogP contribution in [0.5, 0.6) is 0 Å². The molecule has 0 atom stereocenters. The maximum atomic E-state index is 5.78. The number of nitrogen functional groups attached to an aromatic ring is 1. The Morgan fingerprint density at radius 1 is 1.31 bits per heavy atom. The van der Waals surface area contributed by atoms with Gasteiger partial charge in [-0.15, -0.1) is 24.8 Å². The number of aryl methyl sites for hydroxylation is 2. The highest BCUT2D eigenvalue weighted by molar-refractivity contribution is 5.85. The Kier molecular flexibility index (Phi) is 3.63. The third kappa shape index (κ3) is 1.59. The molecule has 0 amide bonds. The first kappa shape index (κ1) is 12.1. The summed E-state index contributed by atoms with van der Waals surface area (Å²) in [5.74, 6) is 0. The van der Waals surface area contributed by atoms with Crippen LogP contribution in [-0.4, -0.2) is 14.2 Å². The van der Waals surface area contributed by atoms with Crippen LogP contribution < -0.4 is 5.73 Å². The molecule has 0 saturated carbocycles. The van der Waals surface area contributed by atoms with Crippen molar-refractivity contribution in [2.45, 2.75) is 6.92 Å². The van der Waals surface area contributed by atoms with E-state index in [2.05, 4.69) is 5.10 Å². The van der Waals surface area contributed by atoms with E-state index in [1.807, 2.05) is 30.9 Å². The summed E-state index contributed by atoms with van der Waals surface area (Å²) >= 11 is 0. The number of fused-ring (bicyclic) bond motifs is 1. The average Bonchev–Trinajstić information content (AvgIpc) is 2.41. The molecule has 0 aliphatic carbocycles. The zero-order valence-electron chi connectivity index (χ0n) is 7.39. The monoisotopic (exact) mass is 222 g/mol. The van der Waals surface area contributed by atoms with Gasteiger partial charge in [-0.1, -0.05) is 0 Å². The molecule has 6 heteroatoms. The molecule has 0 aliphatic heterocycles. The maximum Gasteiger partial charge on any atom is 0.159 e. The first-order valence-corrected chi connectivity index (χ1v) is 3.46. The molecule has 13 heavy (non-hydrogen) atoms. The van der Waals surface area contributed by atoms with Crippen molar-refractivity contribution in [2.24, 2.45) is 7.05 Å². The zero-order chi connectivity index (χ0) is 8.01. The fourth-order valence-electron chi connectivity index (χ4n) is 1.24. The van der Waals surface area contributed by atoms with E-state index in [4.69, 9.17) is 5.73 Å². The van der Waals surface area contributed by atoms with Crippen LogP contribution in [0.1, 0.15) is 5.69 Å². The van der Waals surface area contributed by atoms with E-state index in [9.17, 15) is 0 Å². The molecule has 0 spiro atoms. The molecular weight excluding hydrogens is 211 g/mol. The Balaban J connectivity index is 0.000000720. The molecule has 2 aromatic rings. The van der Waals surface area contributed by atoms with E-state index in [-0.39, 0.29) is 24.8 Å². The average molecular weight is 223 g/mol. The summed E-state index contributed by atoms with van der Waals surface area (Å²) in [5.41, 5.74) is 8.39. The van der Waals surface area contributed by atoms with Gasteiger partial charge in [0, 0.05) is 19.4 Å². The second-order valence-electron chi connectivity index (χ2n) is 2.68. The molecule has 74 valence electrons. The van der Waals surface area contributed by atoms with E-state index in [1.165, 1.54) is 0 Å². The summed E-state index contributed by atoms with van der Waals surface area (Å²) in [5, 5.41) is 4.20. The van der Waals surface area contributed by atoms with Crippen molar-refractivity contribution >= 4 is 36.1 Å². The number of imidazole rings is 1. The smallest absolute Gasteiger partial charge is 0.159 e. The quantitative estimate of drug-likeness (QED) is 0.733. The van der Waals surface area contributed by atoms with Crippen LogP contribution in [0.4, 0.5) is 5.69 Å². The lowest BCUT2D eigenvalue weighted by Gasteiger charge is -1.91. The lowest BCUT2D eigenvalue weighted by atomic mass is 10.4. The third-order valence-corrected chi connectivity index (χ3v) is 1.87. The Morgan fingerprint density at radius 2 is 1.92 bits per heavy atom. The molecule has 2 rings (SSSR count). The van der Waals surface area contributed by atoms with Crippen molar-refractivity contribution in [3.63, 3.8) is 0 Å². The molecule has 2 N–H and O–H groups in total. The lowest BCUT2D eigenvalue weighted by molar-refractivity contribution is 0.918. The van der Waals surface area contributed by atoms with Gasteiger partial charge in [-0.2, -0.15) is 5.10 Å². The Bertz CT molecular complexity index is 404. The van der Waals surface area contributed by atoms with Crippen LogP contribution in [-0.2, 0) is 7.05 Å². The molecule has 2 aromatic heterocycles. The molecule has 4 nitrogen and oxygen atoms in total. The summed E-state index contributed by atoms with van der Waals surface area (Å²) in [6.07, 6.45) is 3.82. The Labute approximate surface area is 88.5 Å². The number of halogens is 2. The molecular formula is C7H12Cl2N4. The highest BCUT2D eigenvalue weighted by Gasteiger charge is 2.07. The highest BCUT2D eigenvalue weighted by Crippen LogP contribution is 2.16. The highest BCUT2D eigenvalue weighted by atomic mass is 35.5. The number of rotatable bonds is 0. The standard InChI is InChI=1S/C7H10N4.2ClH/c1-5-6(8)7-10(2)3-4-11(7)9-5;;/h3-4H,8H2,1-2H3;2*1H. The SMILES string of the molecule is Cc1nn2ccn(C)c2c1N.Cl.Cl. The Morgan fingerprint density at radius 3 is 2.46 bits per heavy atom. The summed E-state index contributed by atoms with van der Waals surface area (Å²) in [7, 11) is 1.95. The first-order valence-electron chi connectivity index (χ1n) is 3.46. The van der Waals surface area contributed by atoms with Crippen LogP contribution in [0.2, 0.25) is 0 Å². The van der Waals surface area contributed by atoms with Crippen molar-refractivity contribution in [1.82, 2.24) is 14.2 Å². The van der Waals surface area contributed by atoms with E-state index in [0.717, 1.165) is 17.0 Å². The zero-order valence-corrected chi connectivity index (χ0v) is 9.02. The van der Waals surface area contributed by atoms with Gasteiger partial charge in [-0.25, -0.2) is 4.52 Å². The molecule has 2 heterocycles. The second kappa shape index (κ2) is 3.89. The fraction of sp³-hybridized carbons (Fsp3) is 0.286. The van der Waals surface area contributed by atoms with Gasteiger partial charge < -0.3 is 10.3 Å². The molecule has 0 radical (unpaired) electrons. The van der Waals surface area contributed by atoms with Crippen LogP contribution in [0.3, 0.4) is 0 Å². The summed E-state index contributed by atoms with van der Waals surface area (Å²) in [4.78, 5) is 0. The van der Waals surface area contributed by atoms with Gasteiger partial charge in [-0.3, -0.25) is 0 Å². The largest absolute Gasteiger partial charge is 0.394 e. The predicted octanol–water partition coefficient (Wildman–Crippen LogP) is 1.41. The predicted molar refractivity (Wildman–Crippen MR) is 57.8 cm³/mol. The van der Waals surface area contributed by atoms with E-state index in [0.29, 0.717) is 0 Å². The molecule has 0 bridgehead atoms. The van der Waals surface area contributed by atoms with Crippen molar-refractivity contribution in [3.8, 4) is 0 Å². The van der Waals surface area contributed by atoms with Crippen LogP contribution in [0.15, 0.2) is 12.4 Å². The summed E-state index contributed by atoms with van der Waals surface area (Å²) < 4.78 is 3.74. The van der Waals surface area contributed by atoms with Crippen molar-refractivity contribution in [3.05, 3.63) is 18.1 Å². The number of nitrogens with two attached hydrogens (primary N) is 1.